The van der Waals surface area contributed by atoms with E-state index in [0.717, 1.165) is 16.7 Å². The van der Waals surface area contributed by atoms with Gasteiger partial charge in [-0.2, -0.15) is 5.10 Å². The average Bonchev–Trinajstić information content (AvgIpc) is 3.25. The molecule has 0 fully saturated rings. The van der Waals surface area contributed by atoms with Gasteiger partial charge in [-0.3, -0.25) is 19.1 Å². The third kappa shape index (κ3) is 4.50. The molecule has 1 aliphatic rings. The Morgan fingerprint density at radius 3 is 2.33 bits per heavy atom. The summed E-state index contributed by atoms with van der Waals surface area (Å²) < 4.78 is 1.45. The molecule has 2 aromatic carbocycles. The second-order valence-corrected chi connectivity index (χ2v) is 8.55. The first kappa shape index (κ1) is 22.3. The van der Waals surface area contributed by atoms with Gasteiger partial charge in [0.05, 0.1) is 6.54 Å². The van der Waals surface area contributed by atoms with Gasteiger partial charge in [-0.15, -0.1) is 0 Å². The number of hydrogen-bond donors (Lipinski definition) is 2. The zero-order valence-electron chi connectivity index (χ0n) is 19.0. The molecule has 0 saturated heterocycles. The number of hydrogen-bond acceptors (Lipinski definition) is 4. The largest absolute Gasteiger partial charge is 0.350 e. The van der Waals surface area contributed by atoms with Crippen molar-refractivity contribution in [2.24, 2.45) is 0 Å². The lowest BCUT2D eigenvalue weighted by molar-refractivity contribution is -0.132. The van der Waals surface area contributed by atoms with Crippen LogP contribution in [0.5, 0.6) is 0 Å². The van der Waals surface area contributed by atoms with E-state index >= 15 is 0 Å². The lowest BCUT2D eigenvalue weighted by atomic mass is 9.96. The molecule has 1 aliphatic heterocycles. The van der Waals surface area contributed by atoms with E-state index in [2.05, 4.69) is 15.7 Å². The zero-order valence-corrected chi connectivity index (χ0v) is 19.0. The van der Waals surface area contributed by atoms with Crippen molar-refractivity contribution in [1.29, 1.82) is 0 Å². The first-order chi connectivity index (χ1) is 15.8. The molecule has 1 atom stereocenters. The number of benzene rings is 2. The van der Waals surface area contributed by atoms with Gasteiger partial charge in [0.25, 0.3) is 11.8 Å². The van der Waals surface area contributed by atoms with Crippen LogP contribution in [0.2, 0.25) is 0 Å². The van der Waals surface area contributed by atoms with Crippen molar-refractivity contribution in [3.63, 3.8) is 0 Å². The molecule has 0 bridgehead atoms. The number of nitrogens with one attached hydrogen (secondary N) is 2. The summed E-state index contributed by atoms with van der Waals surface area (Å²) in [7, 11) is 1.60. The van der Waals surface area contributed by atoms with E-state index < -0.39 is 5.54 Å². The molecule has 170 valence electrons. The minimum absolute atomic E-state index is 0.146. The van der Waals surface area contributed by atoms with Gasteiger partial charge in [0.15, 0.2) is 5.69 Å². The Kier molecular flexibility index (Phi) is 6.00. The third-order valence-corrected chi connectivity index (χ3v) is 6.09. The molecular formula is C25H27N5O3. The molecular weight excluding hydrogens is 418 g/mol. The first-order valence-electron chi connectivity index (χ1n) is 10.8. The van der Waals surface area contributed by atoms with Crippen molar-refractivity contribution in [2.75, 3.05) is 7.05 Å². The molecule has 4 rings (SSSR count). The van der Waals surface area contributed by atoms with E-state index in [0.29, 0.717) is 13.1 Å². The Morgan fingerprint density at radius 2 is 1.64 bits per heavy atom. The van der Waals surface area contributed by atoms with Crippen molar-refractivity contribution < 1.29 is 14.4 Å². The molecule has 0 aliphatic carbocycles. The summed E-state index contributed by atoms with van der Waals surface area (Å²) in [6, 6.07) is 18.9. The lowest BCUT2D eigenvalue weighted by Gasteiger charge is -2.40. The van der Waals surface area contributed by atoms with Gasteiger partial charge >= 0.3 is 0 Å². The van der Waals surface area contributed by atoms with E-state index in [4.69, 9.17) is 0 Å². The second-order valence-electron chi connectivity index (χ2n) is 8.55. The molecule has 8 heteroatoms. The standard InChI is InChI=1S/C25H27N5O3/c1-17-9-11-19(12-10-17)14-26-22(31)20-13-21-23(32)29(3)25(2,16-30(21)28-20)24(33)27-15-18-7-5-4-6-8-18/h4-13H,14-16H2,1-3H3,(H,26,31)(H,27,33)/t25-/m1/s1. The Labute approximate surface area is 192 Å². The van der Waals surface area contributed by atoms with Crippen molar-refractivity contribution in [2.45, 2.75) is 39.0 Å². The number of nitrogens with zero attached hydrogens (tertiary/aromatic N) is 3. The number of amides is 3. The highest BCUT2D eigenvalue weighted by Gasteiger charge is 2.46. The lowest BCUT2D eigenvalue weighted by Crippen LogP contribution is -2.62. The van der Waals surface area contributed by atoms with E-state index in [1.807, 2.05) is 61.5 Å². The number of carbonyl (C=O) groups is 3. The minimum Gasteiger partial charge on any atom is -0.350 e. The molecule has 8 nitrogen and oxygen atoms in total. The maximum atomic E-state index is 13.1. The number of carbonyl (C=O) groups excluding carboxylic acids is 3. The Bertz CT molecular complexity index is 1190. The molecule has 0 spiro atoms. The van der Waals surface area contributed by atoms with E-state index in [9.17, 15) is 14.4 Å². The second kappa shape index (κ2) is 8.90. The summed E-state index contributed by atoms with van der Waals surface area (Å²) in [5.74, 6) is -1.01. The third-order valence-electron chi connectivity index (χ3n) is 6.09. The van der Waals surface area contributed by atoms with Gasteiger partial charge in [0.1, 0.15) is 11.2 Å². The highest BCUT2D eigenvalue weighted by atomic mass is 16.2. The summed E-state index contributed by atoms with van der Waals surface area (Å²) in [5, 5.41) is 10.1. The highest BCUT2D eigenvalue weighted by Crippen LogP contribution is 2.26. The minimum atomic E-state index is -1.14. The van der Waals surface area contributed by atoms with Gasteiger partial charge < -0.3 is 15.5 Å². The van der Waals surface area contributed by atoms with Crippen LogP contribution in [0.3, 0.4) is 0 Å². The van der Waals surface area contributed by atoms with Crippen LogP contribution in [0.25, 0.3) is 0 Å². The van der Waals surface area contributed by atoms with Crippen LogP contribution in [0.1, 0.15) is 44.6 Å². The fourth-order valence-electron chi connectivity index (χ4n) is 3.79. The smallest absolute Gasteiger partial charge is 0.272 e. The number of rotatable bonds is 6. The summed E-state index contributed by atoms with van der Waals surface area (Å²) in [5.41, 5.74) is 2.37. The number of aryl methyl sites for hydroxylation is 1. The number of aromatic nitrogens is 2. The maximum absolute atomic E-state index is 13.1. The summed E-state index contributed by atoms with van der Waals surface area (Å²) >= 11 is 0. The predicted octanol–water partition coefficient (Wildman–Crippen LogP) is 2.28. The zero-order chi connectivity index (χ0) is 23.6. The van der Waals surface area contributed by atoms with Crippen LogP contribution in [0.4, 0.5) is 0 Å². The maximum Gasteiger partial charge on any atom is 0.272 e. The topological polar surface area (TPSA) is 96.3 Å². The normalized spacial score (nSPS) is 17.4. The van der Waals surface area contributed by atoms with E-state index in [-0.39, 0.29) is 35.7 Å². The summed E-state index contributed by atoms with van der Waals surface area (Å²) in [6.45, 7) is 4.57. The molecule has 33 heavy (non-hydrogen) atoms. The Hall–Kier alpha value is -3.94. The molecule has 1 aromatic heterocycles. The van der Waals surface area contributed by atoms with Crippen LogP contribution < -0.4 is 10.6 Å². The number of fused-ring (bicyclic) bond motifs is 1. The van der Waals surface area contributed by atoms with Gasteiger partial charge in [-0.1, -0.05) is 60.2 Å². The Morgan fingerprint density at radius 1 is 1.00 bits per heavy atom. The number of likely N-dealkylation sites (N-methyl/N-ethyl adjacent to an activating group) is 1. The monoisotopic (exact) mass is 445 g/mol. The van der Waals surface area contributed by atoms with Crippen LogP contribution in [-0.2, 0) is 24.4 Å². The van der Waals surface area contributed by atoms with Gasteiger partial charge in [-0.05, 0) is 25.0 Å². The van der Waals surface area contributed by atoms with E-state index in [1.54, 1.807) is 14.0 Å². The van der Waals surface area contributed by atoms with Crippen molar-refractivity contribution in [3.05, 3.63) is 88.7 Å². The quantitative estimate of drug-likeness (QED) is 0.608. The molecule has 0 radical (unpaired) electrons. The first-order valence-corrected chi connectivity index (χ1v) is 10.8. The molecule has 2 N–H and O–H groups in total. The van der Waals surface area contributed by atoms with Gasteiger partial charge in [-0.25, -0.2) is 0 Å². The highest BCUT2D eigenvalue weighted by molar-refractivity contribution is 6.01. The fraction of sp³-hybridized carbons (Fsp3) is 0.280. The summed E-state index contributed by atoms with van der Waals surface area (Å²) in [4.78, 5) is 40.1. The average molecular weight is 446 g/mol. The molecule has 3 amide bonds. The Balaban J connectivity index is 1.47. The predicted molar refractivity (Wildman–Crippen MR) is 123 cm³/mol. The van der Waals surface area contributed by atoms with E-state index in [1.165, 1.54) is 15.6 Å². The molecule has 0 unspecified atom stereocenters. The summed E-state index contributed by atoms with van der Waals surface area (Å²) in [6.07, 6.45) is 0. The van der Waals surface area contributed by atoms with Crippen LogP contribution in [0.15, 0.2) is 60.7 Å². The van der Waals surface area contributed by atoms with Crippen molar-refractivity contribution in [1.82, 2.24) is 25.3 Å². The van der Waals surface area contributed by atoms with Crippen LogP contribution in [0, 0.1) is 6.92 Å². The molecule has 0 saturated carbocycles. The van der Waals surface area contributed by atoms with Crippen molar-refractivity contribution >= 4 is 17.7 Å². The fourth-order valence-corrected chi connectivity index (χ4v) is 3.79. The molecule has 2 heterocycles. The van der Waals surface area contributed by atoms with Gasteiger partial charge in [0, 0.05) is 26.2 Å². The van der Waals surface area contributed by atoms with Gasteiger partial charge in [0.2, 0.25) is 5.91 Å². The van der Waals surface area contributed by atoms with Crippen molar-refractivity contribution in [3.8, 4) is 0 Å². The van der Waals surface area contributed by atoms with Crippen LogP contribution in [-0.4, -0.2) is 45.0 Å². The van der Waals surface area contributed by atoms with Crippen LogP contribution >= 0.6 is 0 Å². The molecule has 3 aromatic rings. The SMILES string of the molecule is Cc1ccc(CNC(=O)c2cc3n(n2)C[C@](C)(C(=O)NCc2ccccc2)N(C)C3=O)cc1.